The number of likely N-dealkylation sites (tertiary alicyclic amines) is 1. The molecule has 0 atom stereocenters. The second-order valence-corrected chi connectivity index (χ2v) is 6.93. The summed E-state index contributed by atoms with van der Waals surface area (Å²) in [6, 6.07) is 7.86. The number of hydrogen-bond acceptors (Lipinski definition) is 4. The first-order valence-electron chi connectivity index (χ1n) is 6.47. The Bertz CT molecular complexity index is 505. The molecule has 1 heterocycles. The van der Waals surface area contributed by atoms with Crippen LogP contribution in [0.4, 0.5) is 5.69 Å². The number of rotatable bonds is 4. The molecule has 0 radical (unpaired) electrons. The minimum absolute atomic E-state index is 0.345. The fourth-order valence-electron chi connectivity index (χ4n) is 2.26. The van der Waals surface area contributed by atoms with Crippen LogP contribution < -0.4 is 10.5 Å². The Morgan fingerprint density at radius 3 is 2.37 bits per heavy atom. The topological polar surface area (TPSA) is 75.4 Å². The number of benzene rings is 1. The van der Waals surface area contributed by atoms with Crippen LogP contribution in [0.25, 0.3) is 0 Å². The van der Waals surface area contributed by atoms with Crippen LogP contribution in [0.5, 0.6) is 0 Å². The lowest BCUT2D eigenvalue weighted by atomic mass is 10.1. The SMILES string of the molecule is CS(=O)(=O)Nc1ccc(CN2CCC(N)CC2)cc1. The molecule has 3 N–H and O–H groups in total. The van der Waals surface area contributed by atoms with Gasteiger partial charge in [-0.15, -0.1) is 0 Å². The molecule has 1 aliphatic heterocycles. The first-order valence-corrected chi connectivity index (χ1v) is 8.36. The van der Waals surface area contributed by atoms with E-state index < -0.39 is 10.0 Å². The molecule has 0 spiro atoms. The first-order chi connectivity index (χ1) is 8.92. The molecule has 0 saturated carbocycles. The third-order valence-electron chi connectivity index (χ3n) is 3.30. The van der Waals surface area contributed by atoms with Gasteiger partial charge in [0.05, 0.1) is 6.26 Å². The van der Waals surface area contributed by atoms with Crippen LogP contribution >= 0.6 is 0 Å². The number of anilines is 1. The highest BCUT2D eigenvalue weighted by Gasteiger charge is 2.15. The fraction of sp³-hybridized carbons (Fsp3) is 0.538. The summed E-state index contributed by atoms with van der Waals surface area (Å²) in [4.78, 5) is 2.38. The Labute approximate surface area is 114 Å². The van der Waals surface area contributed by atoms with Crippen molar-refractivity contribution in [3.05, 3.63) is 29.8 Å². The normalized spacial score (nSPS) is 18.4. The van der Waals surface area contributed by atoms with E-state index in [0.29, 0.717) is 11.7 Å². The standard InChI is InChI=1S/C13H21N3O2S/c1-19(17,18)15-13-4-2-11(3-5-13)10-16-8-6-12(14)7-9-16/h2-5,12,15H,6-10,14H2,1H3. The maximum absolute atomic E-state index is 11.1. The van der Waals surface area contributed by atoms with Gasteiger partial charge in [0.15, 0.2) is 0 Å². The number of sulfonamides is 1. The van der Waals surface area contributed by atoms with Crippen molar-refractivity contribution in [2.75, 3.05) is 24.1 Å². The van der Waals surface area contributed by atoms with E-state index in [1.54, 1.807) is 12.1 Å². The van der Waals surface area contributed by atoms with Gasteiger partial charge in [0.2, 0.25) is 10.0 Å². The van der Waals surface area contributed by atoms with Crippen molar-refractivity contribution in [3.8, 4) is 0 Å². The zero-order chi connectivity index (χ0) is 13.9. The molecular weight excluding hydrogens is 262 g/mol. The molecule has 0 aromatic heterocycles. The number of nitrogens with one attached hydrogen (secondary N) is 1. The zero-order valence-electron chi connectivity index (χ0n) is 11.2. The molecule has 1 aliphatic rings. The van der Waals surface area contributed by atoms with Crippen molar-refractivity contribution < 1.29 is 8.42 Å². The second kappa shape index (κ2) is 5.90. The smallest absolute Gasteiger partial charge is 0.229 e. The quantitative estimate of drug-likeness (QED) is 0.864. The van der Waals surface area contributed by atoms with E-state index in [9.17, 15) is 8.42 Å². The summed E-state index contributed by atoms with van der Waals surface area (Å²) in [5, 5.41) is 0. The van der Waals surface area contributed by atoms with Crippen LogP contribution in [-0.4, -0.2) is 38.7 Å². The molecule has 0 amide bonds. The molecule has 19 heavy (non-hydrogen) atoms. The third kappa shape index (κ3) is 4.81. The van der Waals surface area contributed by atoms with Crippen molar-refractivity contribution in [2.24, 2.45) is 5.73 Å². The molecule has 2 rings (SSSR count). The van der Waals surface area contributed by atoms with E-state index in [2.05, 4.69) is 9.62 Å². The lowest BCUT2D eigenvalue weighted by molar-refractivity contribution is 0.205. The van der Waals surface area contributed by atoms with Gasteiger partial charge in [-0.05, 0) is 43.6 Å². The molecule has 0 bridgehead atoms. The predicted octanol–water partition coefficient (Wildman–Crippen LogP) is 0.981. The summed E-state index contributed by atoms with van der Waals surface area (Å²) < 4.78 is 24.7. The summed E-state index contributed by atoms with van der Waals surface area (Å²) >= 11 is 0. The maximum Gasteiger partial charge on any atom is 0.229 e. The van der Waals surface area contributed by atoms with Crippen LogP contribution in [0.3, 0.4) is 0 Å². The summed E-state index contributed by atoms with van der Waals surface area (Å²) in [6.45, 7) is 2.96. The number of hydrogen-bond donors (Lipinski definition) is 2. The molecular formula is C13H21N3O2S. The highest BCUT2D eigenvalue weighted by atomic mass is 32.2. The monoisotopic (exact) mass is 283 g/mol. The van der Waals surface area contributed by atoms with Gasteiger partial charge in [-0.25, -0.2) is 8.42 Å². The minimum Gasteiger partial charge on any atom is -0.328 e. The van der Waals surface area contributed by atoms with Gasteiger partial charge in [-0.2, -0.15) is 0 Å². The predicted molar refractivity (Wildman–Crippen MR) is 77.4 cm³/mol. The van der Waals surface area contributed by atoms with Gasteiger partial charge in [-0.1, -0.05) is 12.1 Å². The molecule has 0 aliphatic carbocycles. The third-order valence-corrected chi connectivity index (χ3v) is 3.90. The number of nitrogens with two attached hydrogens (primary N) is 1. The summed E-state index contributed by atoms with van der Waals surface area (Å²) in [5.41, 5.74) is 7.67. The summed E-state index contributed by atoms with van der Waals surface area (Å²) in [6.07, 6.45) is 3.25. The minimum atomic E-state index is -3.20. The molecule has 6 heteroatoms. The molecule has 1 fully saturated rings. The molecule has 5 nitrogen and oxygen atoms in total. The van der Waals surface area contributed by atoms with Gasteiger partial charge < -0.3 is 5.73 Å². The second-order valence-electron chi connectivity index (χ2n) is 5.18. The van der Waals surface area contributed by atoms with Crippen LogP contribution in [0.1, 0.15) is 18.4 Å². The molecule has 0 unspecified atom stereocenters. The lowest BCUT2D eigenvalue weighted by Gasteiger charge is -2.30. The van der Waals surface area contributed by atoms with Crippen molar-refractivity contribution in [3.63, 3.8) is 0 Å². The molecule has 1 saturated heterocycles. The van der Waals surface area contributed by atoms with Gasteiger partial charge in [0.1, 0.15) is 0 Å². The Morgan fingerprint density at radius 2 is 1.84 bits per heavy atom. The van der Waals surface area contributed by atoms with E-state index >= 15 is 0 Å². The molecule has 1 aromatic rings. The van der Waals surface area contributed by atoms with E-state index in [1.807, 2.05) is 12.1 Å². The maximum atomic E-state index is 11.1. The van der Waals surface area contributed by atoms with E-state index in [1.165, 1.54) is 5.56 Å². The highest BCUT2D eigenvalue weighted by Crippen LogP contribution is 2.15. The molecule has 106 valence electrons. The van der Waals surface area contributed by atoms with Crippen LogP contribution in [0.2, 0.25) is 0 Å². The van der Waals surface area contributed by atoms with Gasteiger partial charge in [-0.3, -0.25) is 9.62 Å². The average Bonchev–Trinajstić information content (AvgIpc) is 2.33. The number of piperidine rings is 1. The molecule has 1 aromatic carbocycles. The van der Waals surface area contributed by atoms with E-state index in [0.717, 1.165) is 38.7 Å². The van der Waals surface area contributed by atoms with Crippen LogP contribution in [0.15, 0.2) is 24.3 Å². The largest absolute Gasteiger partial charge is 0.328 e. The van der Waals surface area contributed by atoms with Crippen LogP contribution in [-0.2, 0) is 16.6 Å². The van der Waals surface area contributed by atoms with Crippen LogP contribution in [0, 0.1) is 0 Å². The Kier molecular flexibility index (Phi) is 4.44. The summed E-state index contributed by atoms with van der Waals surface area (Å²) in [7, 11) is -3.20. The zero-order valence-corrected chi connectivity index (χ0v) is 12.0. The van der Waals surface area contributed by atoms with Crippen molar-refractivity contribution in [1.29, 1.82) is 0 Å². The Balaban J connectivity index is 1.92. The first kappa shape index (κ1) is 14.3. The van der Waals surface area contributed by atoms with Gasteiger partial charge in [0, 0.05) is 18.3 Å². The van der Waals surface area contributed by atoms with Gasteiger partial charge in [0.25, 0.3) is 0 Å². The Morgan fingerprint density at radius 1 is 1.26 bits per heavy atom. The van der Waals surface area contributed by atoms with E-state index in [4.69, 9.17) is 5.73 Å². The van der Waals surface area contributed by atoms with Crippen molar-refractivity contribution in [2.45, 2.75) is 25.4 Å². The fourth-order valence-corrected chi connectivity index (χ4v) is 2.83. The van der Waals surface area contributed by atoms with Crippen molar-refractivity contribution >= 4 is 15.7 Å². The number of nitrogens with zero attached hydrogens (tertiary/aromatic N) is 1. The average molecular weight is 283 g/mol. The lowest BCUT2D eigenvalue weighted by Crippen LogP contribution is -2.39. The van der Waals surface area contributed by atoms with E-state index in [-0.39, 0.29) is 0 Å². The van der Waals surface area contributed by atoms with Gasteiger partial charge >= 0.3 is 0 Å². The summed E-state index contributed by atoms with van der Waals surface area (Å²) in [5.74, 6) is 0. The highest BCUT2D eigenvalue weighted by molar-refractivity contribution is 7.92. The Hall–Kier alpha value is -1.11. The van der Waals surface area contributed by atoms with Crippen molar-refractivity contribution in [1.82, 2.24) is 4.90 Å².